The van der Waals surface area contributed by atoms with Crippen molar-refractivity contribution in [1.82, 2.24) is 4.98 Å². The summed E-state index contributed by atoms with van der Waals surface area (Å²) in [7, 11) is 0. The van der Waals surface area contributed by atoms with Gasteiger partial charge in [0.15, 0.2) is 11.6 Å². The minimum atomic E-state index is -0.844. The normalized spacial score (nSPS) is 11.5. The maximum Gasteiger partial charge on any atom is 0.160 e. The Morgan fingerprint density at radius 3 is 2.41 bits per heavy atom. The van der Waals surface area contributed by atoms with Crippen LogP contribution in [0.25, 0.3) is 21.8 Å². The summed E-state index contributed by atoms with van der Waals surface area (Å²) in [4.78, 5) is 3.06. The lowest BCUT2D eigenvalue weighted by Gasteiger charge is -1.96. The van der Waals surface area contributed by atoms with E-state index in [0.29, 0.717) is 17.4 Å². The highest BCUT2D eigenvalue weighted by Crippen LogP contribution is 2.27. The molecule has 86 valence electrons. The first-order valence-corrected chi connectivity index (χ1v) is 5.28. The Balaban J connectivity index is 2.41. The van der Waals surface area contributed by atoms with Gasteiger partial charge in [0.1, 0.15) is 0 Å². The lowest BCUT2D eigenvalue weighted by molar-refractivity contribution is 0.511. The van der Waals surface area contributed by atoms with Gasteiger partial charge in [-0.15, -0.1) is 0 Å². The van der Waals surface area contributed by atoms with Crippen molar-refractivity contribution in [3.05, 3.63) is 47.5 Å². The molecule has 3 N–H and O–H groups in total. The minimum absolute atomic E-state index is 0.439. The molecule has 2 aromatic carbocycles. The Morgan fingerprint density at radius 2 is 1.65 bits per heavy atom. The average molecular weight is 232 g/mol. The fourth-order valence-corrected chi connectivity index (χ4v) is 2.07. The molecule has 0 aliphatic rings. The van der Waals surface area contributed by atoms with E-state index in [-0.39, 0.29) is 0 Å². The summed E-state index contributed by atoms with van der Waals surface area (Å²) in [5.41, 5.74) is 7.96. The molecule has 3 aromatic rings. The Morgan fingerprint density at radius 1 is 0.941 bits per heavy atom. The maximum absolute atomic E-state index is 13.2. The molecule has 0 saturated carbocycles. The number of benzene rings is 2. The van der Waals surface area contributed by atoms with Gasteiger partial charge in [0, 0.05) is 34.4 Å². The molecule has 0 aliphatic carbocycles. The van der Waals surface area contributed by atoms with Gasteiger partial charge < -0.3 is 10.7 Å². The summed E-state index contributed by atoms with van der Waals surface area (Å²) < 4.78 is 26.3. The Kier molecular flexibility index (Phi) is 2.12. The van der Waals surface area contributed by atoms with Crippen LogP contribution in [0.4, 0.5) is 8.78 Å². The summed E-state index contributed by atoms with van der Waals surface area (Å²) in [5, 5.41) is 1.55. The van der Waals surface area contributed by atoms with Crippen LogP contribution in [0.2, 0.25) is 0 Å². The van der Waals surface area contributed by atoms with Crippen LogP contribution in [-0.2, 0) is 6.54 Å². The number of fused-ring (bicyclic) bond motifs is 3. The van der Waals surface area contributed by atoms with Crippen molar-refractivity contribution in [3.8, 4) is 0 Å². The number of aromatic nitrogens is 1. The topological polar surface area (TPSA) is 41.8 Å². The highest BCUT2D eigenvalue weighted by Gasteiger charge is 2.09. The largest absolute Gasteiger partial charge is 0.354 e. The van der Waals surface area contributed by atoms with Crippen LogP contribution in [-0.4, -0.2) is 4.98 Å². The zero-order chi connectivity index (χ0) is 12.0. The van der Waals surface area contributed by atoms with Gasteiger partial charge in [-0.2, -0.15) is 0 Å². The van der Waals surface area contributed by atoms with Crippen LogP contribution in [0, 0.1) is 11.6 Å². The van der Waals surface area contributed by atoms with Crippen molar-refractivity contribution < 1.29 is 8.78 Å². The number of aromatic amines is 1. The molecule has 0 fully saturated rings. The third-order valence-corrected chi connectivity index (χ3v) is 2.94. The van der Waals surface area contributed by atoms with Gasteiger partial charge in [-0.05, 0) is 17.7 Å². The average Bonchev–Trinajstić information content (AvgIpc) is 2.66. The molecule has 3 rings (SSSR count). The Hall–Kier alpha value is -1.94. The molecule has 0 unspecified atom stereocenters. The SMILES string of the molecule is NCc1ccc2c(c1)[nH]c1cc(F)c(F)cc12. The third-order valence-electron chi connectivity index (χ3n) is 2.94. The molecule has 2 nitrogen and oxygen atoms in total. The van der Waals surface area contributed by atoms with Gasteiger partial charge in [-0.25, -0.2) is 8.78 Å². The molecule has 1 aromatic heterocycles. The van der Waals surface area contributed by atoms with Crippen molar-refractivity contribution in [1.29, 1.82) is 0 Å². The molecular weight excluding hydrogens is 222 g/mol. The molecule has 17 heavy (non-hydrogen) atoms. The number of halogens is 2. The second-order valence-electron chi connectivity index (χ2n) is 4.02. The van der Waals surface area contributed by atoms with Gasteiger partial charge in [0.25, 0.3) is 0 Å². The van der Waals surface area contributed by atoms with E-state index in [1.165, 1.54) is 12.1 Å². The fourth-order valence-electron chi connectivity index (χ4n) is 2.07. The van der Waals surface area contributed by atoms with E-state index in [4.69, 9.17) is 5.73 Å². The fraction of sp³-hybridized carbons (Fsp3) is 0.0769. The van der Waals surface area contributed by atoms with Gasteiger partial charge in [-0.1, -0.05) is 12.1 Å². The van der Waals surface area contributed by atoms with Crippen molar-refractivity contribution in [2.75, 3.05) is 0 Å². The summed E-state index contributed by atoms with van der Waals surface area (Å²) in [6.45, 7) is 0.439. The maximum atomic E-state index is 13.2. The third kappa shape index (κ3) is 1.49. The Labute approximate surface area is 96.0 Å². The summed E-state index contributed by atoms with van der Waals surface area (Å²) >= 11 is 0. The lowest BCUT2D eigenvalue weighted by atomic mass is 10.1. The Bertz CT molecular complexity index is 716. The van der Waals surface area contributed by atoms with Crippen molar-refractivity contribution in [2.24, 2.45) is 5.73 Å². The van der Waals surface area contributed by atoms with E-state index in [0.717, 1.165) is 16.5 Å². The van der Waals surface area contributed by atoms with Crippen LogP contribution >= 0.6 is 0 Å². The lowest BCUT2D eigenvalue weighted by Crippen LogP contribution is -1.94. The molecule has 0 aliphatic heterocycles. The van der Waals surface area contributed by atoms with Crippen LogP contribution in [0.3, 0.4) is 0 Å². The molecule has 0 bridgehead atoms. The van der Waals surface area contributed by atoms with Gasteiger partial charge in [-0.3, -0.25) is 0 Å². The standard InChI is InChI=1S/C13H10F2N2/c14-10-4-9-8-2-1-7(6-16)3-12(8)17-13(9)5-11(10)15/h1-5,17H,6,16H2. The van der Waals surface area contributed by atoms with Crippen LogP contribution < -0.4 is 5.73 Å². The number of nitrogens with one attached hydrogen (secondary N) is 1. The van der Waals surface area contributed by atoms with Crippen molar-refractivity contribution >= 4 is 21.8 Å². The van der Waals surface area contributed by atoms with E-state index in [2.05, 4.69) is 4.98 Å². The molecule has 4 heteroatoms. The van der Waals surface area contributed by atoms with Crippen molar-refractivity contribution in [2.45, 2.75) is 6.54 Å². The molecule has 0 saturated heterocycles. The highest BCUT2D eigenvalue weighted by atomic mass is 19.2. The second-order valence-corrected chi connectivity index (χ2v) is 4.02. The predicted molar refractivity (Wildman–Crippen MR) is 63.6 cm³/mol. The van der Waals surface area contributed by atoms with E-state index in [1.54, 1.807) is 0 Å². The number of nitrogens with two attached hydrogens (primary N) is 1. The van der Waals surface area contributed by atoms with Gasteiger partial charge >= 0.3 is 0 Å². The monoisotopic (exact) mass is 232 g/mol. The first kappa shape index (κ1) is 10.2. The smallest absolute Gasteiger partial charge is 0.160 e. The van der Waals surface area contributed by atoms with E-state index in [1.807, 2.05) is 18.2 Å². The molecule has 0 amide bonds. The zero-order valence-corrected chi connectivity index (χ0v) is 8.93. The zero-order valence-electron chi connectivity index (χ0n) is 8.93. The molecular formula is C13H10F2N2. The van der Waals surface area contributed by atoms with E-state index >= 15 is 0 Å². The summed E-state index contributed by atoms with van der Waals surface area (Å²) in [5.74, 6) is -1.68. The van der Waals surface area contributed by atoms with E-state index in [9.17, 15) is 8.78 Å². The first-order valence-electron chi connectivity index (χ1n) is 5.28. The first-order chi connectivity index (χ1) is 8.19. The number of rotatable bonds is 1. The molecule has 0 spiro atoms. The van der Waals surface area contributed by atoms with Gasteiger partial charge in [0.05, 0.1) is 0 Å². The van der Waals surface area contributed by atoms with Crippen LogP contribution in [0.1, 0.15) is 5.56 Å². The van der Waals surface area contributed by atoms with Crippen molar-refractivity contribution in [3.63, 3.8) is 0 Å². The summed E-state index contributed by atoms with van der Waals surface area (Å²) in [6.07, 6.45) is 0. The number of H-pyrrole nitrogens is 1. The number of hydrogen-bond acceptors (Lipinski definition) is 1. The molecule has 1 heterocycles. The molecule has 0 atom stereocenters. The number of hydrogen-bond donors (Lipinski definition) is 2. The summed E-state index contributed by atoms with van der Waals surface area (Å²) in [6, 6.07) is 8.04. The van der Waals surface area contributed by atoms with E-state index < -0.39 is 11.6 Å². The highest BCUT2D eigenvalue weighted by molar-refractivity contribution is 6.07. The van der Waals surface area contributed by atoms with Crippen LogP contribution in [0.15, 0.2) is 30.3 Å². The van der Waals surface area contributed by atoms with Gasteiger partial charge in [0.2, 0.25) is 0 Å². The second kappa shape index (κ2) is 3.53. The predicted octanol–water partition coefficient (Wildman–Crippen LogP) is 3.06. The van der Waals surface area contributed by atoms with Crippen LogP contribution in [0.5, 0.6) is 0 Å². The minimum Gasteiger partial charge on any atom is -0.354 e. The molecule has 0 radical (unpaired) electrons. The quantitative estimate of drug-likeness (QED) is 0.665.